The summed E-state index contributed by atoms with van der Waals surface area (Å²) in [5.41, 5.74) is 4.80. The Hall–Kier alpha value is -3.30. The van der Waals surface area contributed by atoms with Crippen LogP contribution < -0.4 is 9.80 Å². The summed E-state index contributed by atoms with van der Waals surface area (Å²) in [6, 6.07) is 42.6. The van der Waals surface area contributed by atoms with Crippen LogP contribution in [0.2, 0.25) is 0 Å². The molecule has 0 saturated heterocycles. The van der Waals surface area contributed by atoms with Crippen molar-refractivity contribution < 1.29 is 0 Å². The van der Waals surface area contributed by atoms with Crippen LogP contribution in [-0.4, -0.2) is 16.0 Å². The second kappa shape index (κ2) is 8.59. The zero-order valence-corrected chi connectivity index (χ0v) is 18.0. The largest absolute Gasteiger partial charge is 0.325 e. The molecule has 138 valence electrons. The van der Waals surface area contributed by atoms with E-state index < -0.39 is 0 Å². The minimum Gasteiger partial charge on any atom is -0.325 e. The number of para-hydroxylation sites is 4. The van der Waals surface area contributed by atoms with Gasteiger partial charge in [-0.1, -0.05) is 72.8 Å². The number of hydrogen-bond donors (Lipinski definition) is 0. The van der Waals surface area contributed by atoms with Crippen LogP contribution in [0.1, 0.15) is 0 Å². The van der Waals surface area contributed by atoms with Gasteiger partial charge in [-0.3, -0.25) is 0 Å². The predicted molar refractivity (Wildman–Crippen MR) is 124 cm³/mol. The van der Waals surface area contributed by atoms with Gasteiger partial charge < -0.3 is 9.80 Å². The molecule has 0 saturated carbocycles. The van der Waals surface area contributed by atoms with Gasteiger partial charge in [0.25, 0.3) is 0 Å². The second-order valence-electron chi connectivity index (χ2n) is 6.71. The Bertz CT molecular complexity index is 814. The van der Waals surface area contributed by atoms with E-state index in [4.69, 9.17) is 0 Å². The summed E-state index contributed by atoms with van der Waals surface area (Å²) < 4.78 is 0. The predicted octanol–water partition coefficient (Wildman–Crippen LogP) is 5.31. The average molecular weight is 381 g/mol. The Balaban J connectivity index is 1.84. The molecule has 0 radical (unpaired) electrons. The molecule has 28 heavy (non-hydrogen) atoms. The lowest BCUT2D eigenvalue weighted by Crippen LogP contribution is -2.44. The van der Waals surface area contributed by atoms with E-state index in [2.05, 4.69) is 131 Å². The van der Waals surface area contributed by atoms with Crippen molar-refractivity contribution in [2.24, 2.45) is 0 Å². The van der Waals surface area contributed by atoms with E-state index in [1.807, 2.05) is 0 Å². The van der Waals surface area contributed by atoms with Gasteiger partial charge in [0.1, 0.15) is 0 Å². The van der Waals surface area contributed by atoms with Gasteiger partial charge >= 0.3 is 0 Å². The third-order valence-electron chi connectivity index (χ3n) is 4.88. The van der Waals surface area contributed by atoms with Crippen LogP contribution in [0, 0.1) is 0 Å². The number of hydrogen-bond acceptors (Lipinski definition) is 2. The Morgan fingerprint density at radius 1 is 0.393 bits per heavy atom. The molecule has 0 aliphatic rings. The van der Waals surface area contributed by atoms with Crippen molar-refractivity contribution in [1.29, 1.82) is 0 Å². The van der Waals surface area contributed by atoms with Crippen LogP contribution in [-0.2, 0) is 0 Å². The van der Waals surface area contributed by atoms with Crippen LogP contribution >= 0.6 is 0 Å². The molecule has 0 fully saturated rings. The van der Waals surface area contributed by atoms with Crippen molar-refractivity contribution in [2.75, 3.05) is 9.80 Å². The molecule has 0 heterocycles. The van der Waals surface area contributed by atoms with Gasteiger partial charge in [-0.15, -0.1) is 0 Å². The maximum Gasteiger partial charge on any atom is 0.0879 e. The normalized spacial score (nSPS) is 10.8. The summed E-state index contributed by atoms with van der Waals surface area (Å²) in [7, 11) is 0.947. The van der Waals surface area contributed by atoms with E-state index in [-0.39, 0.29) is 5.79 Å². The molecule has 2 nitrogen and oxygen atoms in total. The van der Waals surface area contributed by atoms with Crippen molar-refractivity contribution in [3.63, 3.8) is 0 Å². The first kappa shape index (κ1) is 18.1. The van der Waals surface area contributed by atoms with Crippen LogP contribution in [0.15, 0.2) is 121 Å². The van der Waals surface area contributed by atoms with Crippen molar-refractivity contribution in [3.05, 3.63) is 121 Å². The van der Waals surface area contributed by atoms with Gasteiger partial charge in [0.2, 0.25) is 0 Å². The van der Waals surface area contributed by atoms with Gasteiger partial charge in [0.15, 0.2) is 0 Å². The quantitative estimate of drug-likeness (QED) is 0.330. The number of anilines is 4. The first-order chi connectivity index (χ1) is 13.8. The topological polar surface area (TPSA) is 6.48 Å². The SMILES string of the molecule is [SiH3]C(N(c1ccccc1)c1ccccc1)N(c1ccccc1)c1ccccc1. The fourth-order valence-corrected chi connectivity index (χ4v) is 4.82. The van der Waals surface area contributed by atoms with Crippen molar-refractivity contribution >= 4 is 33.0 Å². The summed E-state index contributed by atoms with van der Waals surface area (Å²) in [6.45, 7) is 0. The molecule has 3 heteroatoms. The highest BCUT2D eigenvalue weighted by Crippen LogP contribution is 2.34. The summed E-state index contributed by atoms with van der Waals surface area (Å²) in [5.74, 6) is 0.203. The minimum atomic E-state index is 0.203. The fourth-order valence-electron chi connectivity index (χ4n) is 3.63. The summed E-state index contributed by atoms with van der Waals surface area (Å²) in [6.07, 6.45) is 0. The monoisotopic (exact) mass is 380 g/mol. The Morgan fingerprint density at radius 3 is 0.821 bits per heavy atom. The molecule has 0 N–H and O–H groups in total. The van der Waals surface area contributed by atoms with E-state index in [1.165, 1.54) is 22.7 Å². The van der Waals surface area contributed by atoms with Crippen LogP contribution in [0.4, 0.5) is 22.7 Å². The van der Waals surface area contributed by atoms with Crippen LogP contribution in [0.3, 0.4) is 0 Å². The molecule has 0 spiro atoms. The lowest BCUT2D eigenvalue weighted by Gasteiger charge is -2.40. The first-order valence-corrected chi connectivity index (χ1v) is 10.8. The zero-order chi connectivity index (χ0) is 19.2. The molecule has 0 unspecified atom stereocenters. The Labute approximate surface area is 170 Å². The lowest BCUT2D eigenvalue weighted by molar-refractivity contribution is 0.855. The Kier molecular flexibility index (Phi) is 5.55. The highest BCUT2D eigenvalue weighted by molar-refractivity contribution is 6.16. The van der Waals surface area contributed by atoms with Gasteiger partial charge in [0, 0.05) is 22.7 Å². The zero-order valence-electron chi connectivity index (χ0n) is 16.0. The molecular formula is C25H24N2Si. The van der Waals surface area contributed by atoms with Crippen molar-refractivity contribution in [1.82, 2.24) is 0 Å². The number of nitrogens with zero attached hydrogens (tertiary/aromatic N) is 2. The molecule has 0 aromatic heterocycles. The first-order valence-electron chi connectivity index (χ1n) is 9.63. The molecule has 0 aliphatic carbocycles. The van der Waals surface area contributed by atoms with Crippen LogP contribution in [0.5, 0.6) is 0 Å². The molecule has 0 amide bonds. The molecular weight excluding hydrogens is 356 g/mol. The third-order valence-corrected chi connectivity index (χ3v) is 5.92. The average Bonchev–Trinajstić information content (AvgIpc) is 2.77. The van der Waals surface area contributed by atoms with Crippen molar-refractivity contribution in [3.8, 4) is 0 Å². The third kappa shape index (κ3) is 3.85. The van der Waals surface area contributed by atoms with Gasteiger partial charge in [-0.25, -0.2) is 0 Å². The van der Waals surface area contributed by atoms with Gasteiger partial charge in [-0.2, -0.15) is 0 Å². The van der Waals surface area contributed by atoms with Crippen LogP contribution in [0.25, 0.3) is 0 Å². The summed E-state index contributed by atoms with van der Waals surface area (Å²) >= 11 is 0. The smallest absolute Gasteiger partial charge is 0.0879 e. The number of benzene rings is 4. The molecule has 4 rings (SSSR count). The molecule has 0 atom stereocenters. The summed E-state index contributed by atoms with van der Waals surface area (Å²) in [4.78, 5) is 4.87. The van der Waals surface area contributed by atoms with E-state index in [0.717, 1.165) is 10.2 Å². The van der Waals surface area contributed by atoms with E-state index in [0.29, 0.717) is 0 Å². The highest BCUT2D eigenvalue weighted by atomic mass is 28.1. The lowest BCUT2D eigenvalue weighted by atomic mass is 10.2. The summed E-state index contributed by atoms with van der Waals surface area (Å²) in [5, 5.41) is 0. The van der Waals surface area contributed by atoms with Gasteiger partial charge in [-0.05, 0) is 48.5 Å². The maximum atomic E-state index is 2.44. The maximum absolute atomic E-state index is 2.44. The Morgan fingerprint density at radius 2 is 0.607 bits per heavy atom. The minimum absolute atomic E-state index is 0.203. The fraction of sp³-hybridized carbons (Fsp3) is 0.0400. The second-order valence-corrected chi connectivity index (χ2v) is 7.75. The van der Waals surface area contributed by atoms with E-state index >= 15 is 0 Å². The number of rotatable bonds is 6. The molecule has 0 aliphatic heterocycles. The molecule has 4 aromatic carbocycles. The van der Waals surface area contributed by atoms with E-state index in [1.54, 1.807) is 0 Å². The molecule has 0 bridgehead atoms. The molecule has 4 aromatic rings. The highest BCUT2D eigenvalue weighted by Gasteiger charge is 2.24. The van der Waals surface area contributed by atoms with Gasteiger partial charge in [0.05, 0.1) is 16.0 Å². The van der Waals surface area contributed by atoms with Crippen molar-refractivity contribution in [2.45, 2.75) is 5.79 Å². The van der Waals surface area contributed by atoms with E-state index in [9.17, 15) is 0 Å². The standard InChI is InChI=1S/C25H24N2Si/c28-25(26(21-13-5-1-6-14-21)22-15-7-2-8-16-22)27(23-17-9-3-10-18-23)24-19-11-4-12-20-24/h1-20,25H,28H3.